The van der Waals surface area contributed by atoms with Gasteiger partial charge in [0.1, 0.15) is 5.60 Å². The predicted octanol–water partition coefficient (Wildman–Crippen LogP) is 4.29. The SMILES string of the molecule is CC1CC=C(c2cc(F)c(O)c(F)c2)N(C(=O)OC(C)(C)C)C1. The minimum absolute atomic E-state index is 0.190. The van der Waals surface area contributed by atoms with E-state index in [0.29, 0.717) is 18.7 Å². The largest absolute Gasteiger partial charge is 0.503 e. The molecule has 23 heavy (non-hydrogen) atoms. The lowest BCUT2D eigenvalue weighted by Gasteiger charge is -2.34. The molecule has 2 rings (SSSR count). The topological polar surface area (TPSA) is 49.8 Å². The van der Waals surface area contributed by atoms with E-state index < -0.39 is 29.1 Å². The van der Waals surface area contributed by atoms with E-state index in [2.05, 4.69) is 0 Å². The van der Waals surface area contributed by atoms with Crippen molar-refractivity contribution >= 4 is 11.8 Å². The standard InChI is InChI=1S/C17H21F2NO3/c1-10-5-6-14(11-7-12(18)15(21)13(19)8-11)20(9-10)16(22)23-17(2,3)4/h6-8,10,21H,5,9H2,1-4H3. The summed E-state index contributed by atoms with van der Waals surface area (Å²) in [6.07, 6.45) is 1.87. The summed E-state index contributed by atoms with van der Waals surface area (Å²) in [6.45, 7) is 7.62. The predicted molar refractivity (Wildman–Crippen MR) is 82.7 cm³/mol. The Balaban J connectivity index is 2.39. The Morgan fingerprint density at radius 2 is 1.87 bits per heavy atom. The molecule has 1 N–H and O–H groups in total. The summed E-state index contributed by atoms with van der Waals surface area (Å²) in [5.74, 6) is -2.95. The van der Waals surface area contributed by atoms with Gasteiger partial charge < -0.3 is 9.84 Å². The van der Waals surface area contributed by atoms with Crippen molar-refractivity contribution in [1.29, 1.82) is 0 Å². The Morgan fingerprint density at radius 3 is 2.39 bits per heavy atom. The van der Waals surface area contributed by atoms with Gasteiger partial charge in [0.15, 0.2) is 17.4 Å². The zero-order valence-corrected chi connectivity index (χ0v) is 13.7. The minimum Gasteiger partial charge on any atom is -0.503 e. The zero-order valence-electron chi connectivity index (χ0n) is 13.7. The lowest BCUT2D eigenvalue weighted by molar-refractivity contribution is 0.0327. The lowest BCUT2D eigenvalue weighted by Crippen LogP contribution is -2.39. The summed E-state index contributed by atoms with van der Waals surface area (Å²) in [5, 5.41) is 9.22. The molecule has 6 heteroatoms. The van der Waals surface area contributed by atoms with Gasteiger partial charge in [0.25, 0.3) is 0 Å². The van der Waals surface area contributed by atoms with Crippen molar-refractivity contribution in [3.05, 3.63) is 35.4 Å². The van der Waals surface area contributed by atoms with Crippen LogP contribution in [0.3, 0.4) is 0 Å². The maximum atomic E-state index is 13.6. The van der Waals surface area contributed by atoms with Crippen molar-refractivity contribution in [2.24, 2.45) is 5.92 Å². The van der Waals surface area contributed by atoms with Crippen molar-refractivity contribution in [2.45, 2.75) is 39.7 Å². The van der Waals surface area contributed by atoms with Gasteiger partial charge in [0, 0.05) is 12.1 Å². The molecule has 1 atom stereocenters. The molecule has 1 unspecified atom stereocenters. The molecule has 1 aliphatic rings. The Kier molecular flexibility index (Phi) is 4.63. The molecule has 0 aliphatic carbocycles. The minimum atomic E-state index is -1.07. The third kappa shape index (κ3) is 4.00. The van der Waals surface area contributed by atoms with Gasteiger partial charge in [0.05, 0.1) is 5.70 Å². The average Bonchev–Trinajstić information content (AvgIpc) is 2.42. The van der Waals surface area contributed by atoms with Crippen LogP contribution in [0.25, 0.3) is 5.70 Å². The Hall–Kier alpha value is -2.11. The fourth-order valence-corrected chi connectivity index (χ4v) is 2.38. The van der Waals surface area contributed by atoms with Gasteiger partial charge >= 0.3 is 6.09 Å². The lowest BCUT2D eigenvalue weighted by atomic mass is 9.98. The second-order valence-corrected chi connectivity index (χ2v) is 6.81. The summed E-state index contributed by atoms with van der Waals surface area (Å²) in [7, 11) is 0. The van der Waals surface area contributed by atoms with Crippen LogP contribution in [-0.4, -0.2) is 28.2 Å². The highest BCUT2D eigenvalue weighted by Gasteiger charge is 2.30. The molecule has 0 saturated carbocycles. The maximum Gasteiger partial charge on any atom is 0.414 e. The molecule has 0 fully saturated rings. The Labute approximate surface area is 134 Å². The number of rotatable bonds is 1. The smallest absolute Gasteiger partial charge is 0.414 e. The second kappa shape index (κ2) is 6.18. The Bertz CT molecular complexity index is 627. The van der Waals surface area contributed by atoms with Crippen molar-refractivity contribution in [2.75, 3.05) is 6.54 Å². The van der Waals surface area contributed by atoms with Crippen molar-refractivity contribution in [3.63, 3.8) is 0 Å². The molecule has 0 radical (unpaired) electrons. The number of amides is 1. The third-order valence-corrected chi connectivity index (χ3v) is 3.43. The highest BCUT2D eigenvalue weighted by atomic mass is 19.1. The molecule has 0 bridgehead atoms. The van der Waals surface area contributed by atoms with Crippen LogP contribution < -0.4 is 0 Å². The van der Waals surface area contributed by atoms with Crippen LogP contribution in [0, 0.1) is 17.6 Å². The number of aromatic hydroxyl groups is 1. The normalized spacial score (nSPS) is 18.6. The number of ether oxygens (including phenoxy) is 1. The van der Waals surface area contributed by atoms with Gasteiger partial charge in [-0.1, -0.05) is 13.0 Å². The Morgan fingerprint density at radius 1 is 1.30 bits per heavy atom. The molecule has 1 amide bonds. The highest BCUT2D eigenvalue weighted by molar-refractivity contribution is 5.83. The molecule has 0 spiro atoms. The van der Waals surface area contributed by atoms with E-state index in [1.807, 2.05) is 6.92 Å². The first-order valence-electron chi connectivity index (χ1n) is 7.47. The van der Waals surface area contributed by atoms with Crippen molar-refractivity contribution in [3.8, 4) is 5.75 Å². The van der Waals surface area contributed by atoms with Gasteiger partial charge in [-0.25, -0.2) is 13.6 Å². The quantitative estimate of drug-likeness (QED) is 0.838. The number of carbonyl (C=O) groups excluding carboxylic acids is 1. The van der Waals surface area contributed by atoms with E-state index in [9.17, 15) is 18.7 Å². The van der Waals surface area contributed by atoms with E-state index in [4.69, 9.17) is 4.74 Å². The summed E-state index contributed by atoms with van der Waals surface area (Å²) in [6, 6.07) is 2.02. The second-order valence-electron chi connectivity index (χ2n) is 6.81. The van der Waals surface area contributed by atoms with Gasteiger partial charge in [-0.15, -0.1) is 0 Å². The number of allylic oxidation sites excluding steroid dienone is 1. The van der Waals surface area contributed by atoms with Gasteiger partial charge in [-0.2, -0.15) is 0 Å². The maximum absolute atomic E-state index is 13.6. The zero-order chi connectivity index (χ0) is 17.4. The summed E-state index contributed by atoms with van der Waals surface area (Å²) < 4.78 is 32.6. The monoisotopic (exact) mass is 325 g/mol. The number of halogens is 2. The van der Waals surface area contributed by atoms with E-state index in [-0.39, 0.29) is 11.5 Å². The summed E-state index contributed by atoms with van der Waals surface area (Å²) >= 11 is 0. The van der Waals surface area contributed by atoms with E-state index >= 15 is 0 Å². The fourth-order valence-electron chi connectivity index (χ4n) is 2.38. The van der Waals surface area contributed by atoms with Crippen molar-refractivity contribution < 1.29 is 23.4 Å². The first-order chi connectivity index (χ1) is 10.6. The number of phenols is 1. The van der Waals surface area contributed by atoms with Crippen LogP contribution in [0.15, 0.2) is 18.2 Å². The molecule has 1 aromatic carbocycles. The van der Waals surface area contributed by atoms with Crippen LogP contribution in [0.4, 0.5) is 13.6 Å². The molecular formula is C17H21F2NO3. The van der Waals surface area contributed by atoms with Crippen LogP contribution >= 0.6 is 0 Å². The number of carbonyl (C=O) groups is 1. The number of nitrogens with zero attached hydrogens (tertiary/aromatic N) is 1. The van der Waals surface area contributed by atoms with Crippen LogP contribution in [0.2, 0.25) is 0 Å². The van der Waals surface area contributed by atoms with Crippen LogP contribution in [0.5, 0.6) is 5.75 Å². The van der Waals surface area contributed by atoms with Gasteiger partial charge in [-0.05, 0) is 45.2 Å². The molecule has 1 aromatic rings. The fraction of sp³-hybridized carbons (Fsp3) is 0.471. The molecule has 4 nitrogen and oxygen atoms in total. The van der Waals surface area contributed by atoms with Crippen LogP contribution in [-0.2, 0) is 4.74 Å². The van der Waals surface area contributed by atoms with E-state index in [1.54, 1.807) is 26.8 Å². The molecule has 0 saturated heterocycles. The number of hydrogen-bond acceptors (Lipinski definition) is 3. The first kappa shape index (κ1) is 17.2. The molecule has 1 heterocycles. The van der Waals surface area contributed by atoms with E-state index in [1.165, 1.54) is 4.90 Å². The average molecular weight is 325 g/mol. The number of benzene rings is 1. The number of phenolic OH excluding ortho intramolecular Hbond substituents is 1. The molecule has 0 aromatic heterocycles. The molecule has 126 valence electrons. The van der Waals surface area contributed by atoms with Gasteiger partial charge in [-0.3, -0.25) is 4.90 Å². The summed E-state index contributed by atoms with van der Waals surface area (Å²) in [4.78, 5) is 13.8. The molecular weight excluding hydrogens is 304 g/mol. The van der Waals surface area contributed by atoms with Crippen LogP contribution in [0.1, 0.15) is 39.7 Å². The third-order valence-electron chi connectivity index (χ3n) is 3.43. The summed E-state index contributed by atoms with van der Waals surface area (Å²) in [5.41, 5.74) is -0.0976. The van der Waals surface area contributed by atoms with Crippen molar-refractivity contribution in [1.82, 2.24) is 4.90 Å². The number of hydrogen-bond donors (Lipinski definition) is 1. The first-order valence-corrected chi connectivity index (χ1v) is 7.47. The molecule has 1 aliphatic heterocycles. The van der Waals surface area contributed by atoms with E-state index in [0.717, 1.165) is 12.1 Å². The highest BCUT2D eigenvalue weighted by Crippen LogP contribution is 2.32. The van der Waals surface area contributed by atoms with Gasteiger partial charge in [0.2, 0.25) is 0 Å².